The Morgan fingerprint density at radius 3 is 2.50 bits per heavy atom. The summed E-state index contributed by atoms with van der Waals surface area (Å²) in [7, 11) is 1.69. The van der Waals surface area contributed by atoms with Gasteiger partial charge in [-0.15, -0.1) is 0 Å². The van der Waals surface area contributed by atoms with Crippen LogP contribution < -0.4 is 4.90 Å². The van der Waals surface area contributed by atoms with Gasteiger partial charge in [-0.3, -0.25) is 4.79 Å². The first-order valence-electron chi connectivity index (χ1n) is 11.3. The van der Waals surface area contributed by atoms with Crippen molar-refractivity contribution >= 4 is 11.8 Å². The molecule has 2 heterocycles. The number of anilines is 1. The maximum atomic E-state index is 13.5. The topological polar surface area (TPSA) is 58.8 Å². The predicted molar refractivity (Wildman–Crippen MR) is 126 cm³/mol. The Morgan fingerprint density at radius 1 is 1.09 bits per heavy atom. The van der Waals surface area contributed by atoms with Gasteiger partial charge >= 0.3 is 0 Å². The van der Waals surface area contributed by atoms with E-state index in [1.807, 2.05) is 66.4 Å². The second kappa shape index (κ2) is 10.5. The van der Waals surface area contributed by atoms with Crippen LogP contribution in [0.4, 0.5) is 5.88 Å². The molecule has 0 spiro atoms. The molecule has 32 heavy (non-hydrogen) atoms. The van der Waals surface area contributed by atoms with E-state index in [4.69, 9.17) is 9.26 Å². The smallest absolute Gasteiger partial charge is 0.254 e. The van der Waals surface area contributed by atoms with E-state index in [-0.39, 0.29) is 5.91 Å². The van der Waals surface area contributed by atoms with E-state index in [9.17, 15) is 4.79 Å². The molecule has 2 aromatic carbocycles. The van der Waals surface area contributed by atoms with E-state index in [1.165, 1.54) is 0 Å². The molecule has 0 bridgehead atoms. The van der Waals surface area contributed by atoms with E-state index < -0.39 is 0 Å². The lowest BCUT2D eigenvalue weighted by Crippen LogP contribution is -2.33. The molecule has 6 nitrogen and oxygen atoms in total. The first kappa shape index (κ1) is 22.1. The van der Waals surface area contributed by atoms with Crippen LogP contribution in [0.1, 0.15) is 40.7 Å². The Morgan fingerprint density at radius 2 is 1.81 bits per heavy atom. The molecule has 6 heteroatoms. The highest BCUT2D eigenvalue weighted by Crippen LogP contribution is 2.34. The fourth-order valence-electron chi connectivity index (χ4n) is 4.16. The Labute approximate surface area is 189 Å². The number of hydrogen-bond acceptors (Lipinski definition) is 5. The molecule has 0 unspecified atom stereocenters. The fraction of sp³-hybridized carbons (Fsp3) is 0.385. The van der Waals surface area contributed by atoms with Crippen molar-refractivity contribution in [2.24, 2.45) is 0 Å². The van der Waals surface area contributed by atoms with E-state index in [0.29, 0.717) is 25.3 Å². The van der Waals surface area contributed by atoms with Crippen molar-refractivity contribution in [3.8, 4) is 11.3 Å². The van der Waals surface area contributed by atoms with Gasteiger partial charge in [0.15, 0.2) is 0 Å². The summed E-state index contributed by atoms with van der Waals surface area (Å²) in [5.41, 5.74) is 4.59. The van der Waals surface area contributed by atoms with Crippen LogP contribution in [0.25, 0.3) is 11.3 Å². The van der Waals surface area contributed by atoms with E-state index in [2.05, 4.69) is 10.1 Å². The predicted octanol–water partition coefficient (Wildman–Crippen LogP) is 4.93. The van der Waals surface area contributed by atoms with Gasteiger partial charge in [0.2, 0.25) is 5.88 Å². The zero-order valence-electron chi connectivity index (χ0n) is 18.9. The average molecular weight is 434 g/mol. The second-order valence-electron chi connectivity index (χ2n) is 8.31. The number of nitrogens with zero attached hydrogens (tertiary/aromatic N) is 3. The van der Waals surface area contributed by atoms with Crippen LogP contribution in [0.15, 0.2) is 59.1 Å². The number of methoxy groups -OCH3 is 1. The number of ether oxygens (including phenoxy) is 1. The van der Waals surface area contributed by atoms with Crippen molar-refractivity contribution in [2.45, 2.75) is 32.7 Å². The van der Waals surface area contributed by atoms with Crippen molar-refractivity contribution in [2.75, 3.05) is 38.3 Å². The highest BCUT2D eigenvalue weighted by Gasteiger charge is 2.27. The molecule has 0 atom stereocenters. The van der Waals surface area contributed by atoms with Crippen LogP contribution >= 0.6 is 0 Å². The molecule has 0 radical (unpaired) electrons. The van der Waals surface area contributed by atoms with E-state index in [0.717, 1.165) is 60.6 Å². The van der Waals surface area contributed by atoms with Crippen LogP contribution in [-0.2, 0) is 11.3 Å². The number of rotatable bonds is 9. The Hall–Kier alpha value is -3.12. The number of carbonyl (C=O) groups is 1. The third-order valence-electron chi connectivity index (χ3n) is 5.92. The summed E-state index contributed by atoms with van der Waals surface area (Å²) in [6, 6.07) is 17.8. The Bertz CT molecular complexity index is 1010. The number of aryl methyl sites for hydroxylation is 1. The summed E-state index contributed by atoms with van der Waals surface area (Å²) in [5, 5.41) is 4.44. The van der Waals surface area contributed by atoms with Crippen molar-refractivity contribution in [1.82, 2.24) is 10.1 Å². The van der Waals surface area contributed by atoms with Gasteiger partial charge in [0.25, 0.3) is 5.91 Å². The number of carbonyl (C=O) groups excluding carboxylic acids is 1. The highest BCUT2D eigenvalue weighted by molar-refractivity contribution is 5.94. The van der Waals surface area contributed by atoms with Gasteiger partial charge in [-0.25, -0.2) is 0 Å². The average Bonchev–Trinajstić information content (AvgIpc) is 3.49. The van der Waals surface area contributed by atoms with Gasteiger partial charge in [0.05, 0.1) is 12.1 Å². The normalized spacial score (nSPS) is 13.5. The fourth-order valence-corrected chi connectivity index (χ4v) is 4.16. The maximum Gasteiger partial charge on any atom is 0.254 e. The van der Waals surface area contributed by atoms with Gasteiger partial charge in [-0.2, -0.15) is 0 Å². The summed E-state index contributed by atoms with van der Waals surface area (Å²) in [5.74, 6) is 0.795. The summed E-state index contributed by atoms with van der Waals surface area (Å²) < 4.78 is 11.1. The second-order valence-corrected chi connectivity index (χ2v) is 8.31. The minimum Gasteiger partial charge on any atom is -0.385 e. The van der Waals surface area contributed by atoms with Gasteiger partial charge in [0.1, 0.15) is 5.69 Å². The molecule has 4 rings (SSSR count). The summed E-state index contributed by atoms with van der Waals surface area (Å²) in [6.45, 7) is 5.56. The van der Waals surface area contributed by atoms with Crippen LogP contribution in [0.3, 0.4) is 0 Å². The molecule has 1 aliphatic heterocycles. The lowest BCUT2D eigenvalue weighted by atomic mass is 10.1. The molecule has 1 aromatic heterocycles. The number of amides is 1. The molecule has 0 N–H and O–H groups in total. The standard InChI is InChI=1S/C26H31N3O3/c1-20-11-13-22(14-12-20)25(30)29(17-8-18-31-2)19-23-24(21-9-4-3-5-10-21)27-32-26(23)28-15-6-7-16-28/h3-5,9-14H,6-8,15-19H2,1-2H3. The lowest BCUT2D eigenvalue weighted by molar-refractivity contribution is 0.0724. The molecule has 1 aliphatic rings. The van der Waals surface area contributed by atoms with Crippen LogP contribution in [0.5, 0.6) is 0 Å². The minimum absolute atomic E-state index is 0.00804. The summed E-state index contributed by atoms with van der Waals surface area (Å²) in [6.07, 6.45) is 3.04. The third kappa shape index (κ3) is 5.02. The molecule has 1 amide bonds. The van der Waals surface area contributed by atoms with E-state index >= 15 is 0 Å². The van der Waals surface area contributed by atoms with Gasteiger partial charge in [-0.1, -0.05) is 53.2 Å². The lowest BCUT2D eigenvalue weighted by Gasteiger charge is -2.24. The molecule has 0 saturated carbocycles. The first-order valence-corrected chi connectivity index (χ1v) is 11.3. The quantitative estimate of drug-likeness (QED) is 0.448. The third-order valence-corrected chi connectivity index (χ3v) is 5.92. The molecule has 1 fully saturated rings. The SMILES string of the molecule is COCCCN(Cc1c(-c2ccccc2)noc1N1CCCC1)C(=O)c1ccc(C)cc1. The Balaban J connectivity index is 1.68. The van der Waals surface area contributed by atoms with Gasteiger partial charge in [-0.05, 0) is 38.3 Å². The highest BCUT2D eigenvalue weighted by atomic mass is 16.5. The minimum atomic E-state index is 0.00804. The molecule has 0 aliphatic carbocycles. The Kier molecular flexibility index (Phi) is 7.22. The zero-order chi connectivity index (χ0) is 22.3. The van der Waals surface area contributed by atoms with Crippen molar-refractivity contribution in [3.05, 3.63) is 71.3 Å². The van der Waals surface area contributed by atoms with Crippen molar-refractivity contribution in [3.63, 3.8) is 0 Å². The number of benzene rings is 2. The number of hydrogen-bond donors (Lipinski definition) is 0. The maximum absolute atomic E-state index is 13.5. The molecular weight excluding hydrogens is 402 g/mol. The monoisotopic (exact) mass is 433 g/mol. The van der Waals surface area contributed by atoms with Crippen molar-refractivity contribution in [1.29, 1.82) is 0 Å². The van der Waals surface area contributed by atoms with Gasteiger partial charge in [0, 0.05) is 44.5 Å². The molecular formula is C26H31N3O3. The molecule has 168 valence electrons. The summed E-state index contributed by atoms with van der Waals surface area (Å²) >= 11 is 0. The molecule has 1 saturated heterocycles. The van der Waals surface area contributed by atoms with Crippen LogP contribution in [-0.4, -0.2) is 49.3 Å². The van der Waals surface area contributed by atoms with Gasteiger partial charge < -0.3 is 19.1 Å². The molecule has 3 aromatic rings. The number of aromatic nitrogens is 1. The van der Waals surface area contributed by atoms with Crippen LogP contribution in [0, 0.1) is 6.92 Å². The first-order chi connectivity index (χ1) is 15.7. The van der Waals surface area contributed by atoms with Crippen molar-refractivity contribution < 1.29 is 14.1 Å². The summed E-state index contributed by atoms with van der Waals surface area (Å²) in [4.78, 5) is 17.6. The largest absolute Gasteiger partial charge is 0.385 e. The van der Waals surface area contributed by atoms with E-state index in [1.54, 1.807) is 7.11 Å². The zero-order valence-corrected chi connectivity index (χ0v) is 18.9. The van der Waals surface area contributed by atoms with Crippen LogP contribution in [0.2, 0.25) is 0 Å².